The lowest BCUT2D eigenvalue weighted by atomic mass is 10.1. The summed E-state index contributed by atoms with van der Waals surface area (Å²) in [5, 5.41) is 15.0. The average molecular weight is 281 g/mol. The molecule has 2 atom stereocenters. The maximum Gasteiger partial charge on any atom is 0.278 e. The molecule has 0 fully saturated rings. The zero-order valence-corrected chi connectivity index (χ0v) is 11.0. The second-order valence-electron chi connectivity index (χ2n) is 5.36. The topological polar surface area (TPSA) is 78.0 Å². The Hall–Kier alpha value is -2.76. The van der Waals surface area contributed by atoms with Crippen LogP contribution in [-0.2, 0) is 0 Å². The van der Waals surface area contributed by atoms with Gasteiger partial charge in [0.15, 0.2) is 0 Å². The predicted octanol–water partition coefficient (Wildman–Crippen LogP) is 2.62. The monoisotopic (exact) mass is 281 g/mol. The molecular weight excluding hydrogens is 270 g/mol. The minimum Gasteiger partial charge on any atom is -0.267 e. The van der Waals surface area contributed by atoms with Crippen molar-refractivity contribution in [3.63, 3.8) is 0 Å². The number of hydrogen-bond acceptors (Lipinski definition) is 4. The van der Waals surface area contributed by atoms with Gasteiger partial charge in [0, 0.05) is 41.3 Å². The molecule has 0 N–H and O–H groups in total. The van der Waals surface area contributed by atoms with Gasteiger partial charge in [-0.05, 0) is 18.6 Å². The third-order valence-corrected chi connectivity index (χ3v) is 4.14. The highest BCUT2D eigenvalue weighted by atomic mass is 16.6. The number of rotatable bonds is 2. The van der Waals surface area contributed by atoms with E-state index in [1.807, 2.05) is 0 Å². The maximum atomic E-state index is 12.4. The van der Waals surface area contributed by atoms with Gasteiger partial charge in [0.1, 0.15) is 0 Å². The van der Waals surface area contributed by atoms with Crippen LogP contribution < -0.4 is 0 Å². The SMILES string of the molecule is O=C(c1ccc([N+](=O)[O-])cc1)n1cc2c(n1)C1C=CC2C1. The summed E-state index contributed by atoms with van der Waals surface area (Å²) < 4.78 is 1.35. The van der Waals surface area contributed by atoms with E-state index in [0.29, 0.717) is 17.4 Å². The third-order valence-electron chi connectivity index (χ3n) is 4.14. The van der Waals surface area contributed by atoms with Gasteiger partial charge < -0.3 is 0 Å². The number of nitrogens with zero attached hydrogens (tertiary/aromatic N) is 3. The highest BCUT2D eigenvalue weighted by Crippen LogP contribution is 2.47. The molecule has 2 aliphatic rings. The number of nitro groups is 1. The fourth-order valence-electron chi connectivity index (χ4n) is 3.07. The van der Waals surface area contributed by atoms with Crippen molar-refractivity contribution in [1.82, 2.24) is 9.78 Å². The molecule has 6 heteroatoms. The van der Waals surface area contributed by atoms with Crippen LogP contribution in [0.2, 0.25) is 0 Å². The minimum absolute atomic E-state index is 0.0308. The second kappa shape index (κ2) is 4.12. The van der Waals surface area contributed by atoms with E-state index in [1.54, 1.807) is 6.20 Å². The van der Waals surface area contributed by atoms with Gasteiger partial charge in [0.05, 0.1) is 10.6 Å². The number of aromatic nitrogens is 2. The van der Waals surface area contributed by atoms with E-state index in [4.69, 9.17) is 0 Å². The number of carbonyl (C=O) groups excluding carboxylic acids is 1. The quantitative estimate of drug-likeness (QED) is 0.481. The van der Waals surface area contributed by atoms with Crippen LogP contribution >= 0.6 is 0 Å². The molecule has 0 radical (unpaired) electrons. The maximum absolute atomic E-state index is 12.4. The van der Waals surface area contributed by atoms with Crippen molar-refractivity contribution in [3.05, 3.63) is 69.5 Å². The molecular formula is C15H11N3O3. The van der Waals surface area contributed by atoms with Crippen LogP contribution in [0.15, 0.2) is 42.6 Å². The van der Waals surface area contributed by atoms with Gasteiger partial charge in [0.2, 0.25) is 0 Å². The molecule has 0 amide bonds. The number of nitro benzene ring substituents is 1. The molecule has 2 unspecified atom stereocenters. The summed E-state index contributed by atoms with van der Waals surface area (Å²) >= 11 is 0. The molecule has 0 aliphatic heterocycles. The zero-order chi connectivity index (χ0) is 14.6. The lowest BCUT2D eigenvalue weighted by Crippen LogP contribution is -2.13. The number of fused-ring (bicyclic) bond motifs is 5. The van der Waals surface area contributed by atoms with Crippen molar-refractivity contribution < 1.29 is 9.72 Å². The Morgan fingerprint density at radius 3 is 2.62 bits per heavy atom. The predicted molar refractivity (Wildman–Crippen MR) is 74.3 cm³/mol. The Balaban J connectivity index is 1.65. The molecule has 1 aromatic heterocycles. The molecule has 6 nitrogen and oxygen atoms in total. The van der Waals surface area contributed by atoms with Crippen LogP contribution in [-0.4, -0.2) is 20.6 Å². The fourth-order valence-corrected chi connectivity index (χ4v) is 3.07. The Morgan fingerprint density at radius 2 is 1.95 bits per heavy atom. The Morgan fingerprint density at radius 1 is 1.24 bits per heavy atom. The Labute approximate surface area is 119 Å². The first kappa shape index (κ1) is 12.0. The number of hydrogen-bond donors (Lipinski definition) is 0. The summed E-state index contributed by atoms with van der Waals surface area (Å²) in [4.78, 5) is 22.5. The van der Waals surface area contributed by atoms with Gasteiger partial charge >= 0.3 is 0 Å². The first-order chi connectivity index (χ1) is 10.1. The van der Waals surface area contributed by atoms with Crippen LogP contribution in [0.5, 0.6) is 0 Å². The number of allylic oxidation sites excluding steroid dienone is 2. The normalized spacial score (nSPS) is 21.5. The van der Waals surface area contributed by atoms with Crippen LogP contribution in [0.3, 0.4) is 0 Å². The molecule has 2 aliphatic carbocycles. The Kier molecular flexibility index (Phi) is 2.35. The van der Waals surface area contributed by atoms with Crippen LogP contribution in [0, 0.1) is 10.1 Å². The van der Waals surface area contributed by atoms with E-state index >= 15 is 0 Å². The molecule has 2 aromatic rings. The molecule has 2 bridgehead atoms. The zero-order valence-electron chi connectivity index (χ0n) is 11.0. The lowest BCUT2D eigenvalue weighted by Gasteiger charge is -2.02. The summed E-state index contributed by atoms with van der Waals surface area (Å²) in [6, 6.07) is 5.57. The van der Waals surface area contributed by atoms with Gasteiger partial charge in [-0.25, -0.2) is 4.68 Å². The van der Waals surface area contributed by atoms with Crippen molar-refractivity contribution in [2.24, 2.45) is 0 Å². The summed E-state index contributed by atoms with van der Waals surface area (Å²) in [5.74, 6) is 0.443. The highest BCUT2D eigenvalue weighted by Gasteiger charge is 2.36. The number of non-ortho nitro benzene ring substituents is 1. The van der Waals surface area contributed by atoms with E-state index in [2.05, 4.69) is 17.3 Å². The van der Waals surface area contributed by atoms with E-state index in [-0.39, 0.29) is 11.6 Å². The molecule has 104 valence electrons. The first-order valence-electron chi connectivity index (χ1n) is 6.70. The average Bonchev–Trinajstić information content (AvgIpc) is 3.18. The van der Waals surface area contributed by atoms with Gasteiger partial charge in [-0.15, -0.1) is 0 Å². The molecule has 4 rings (SSSR count). The minimum atomic E-state index is -0.486. The molecule has 1 aromatic carbocycles. The first-order valence-corrected chi connectivity index (χ1v) is 6.70. The Bertz CT molecular complexity index is 759. The van der Waals surface area contributed by atoms with E-state index in [0.717, 1.165) is 17.7 Å². The molecule has 0 saturated heterocycles. The van der Waals surface area contributed by atoms with Crippen LogP contribution in [0.4, 0.5) is 5.69 Å². The van der Waals surface area contributed by atoms with Crippen LogP contribution in [0.25, 0.3) is 0 Å². The van der Waals surface area contributed by atoms with E-state index in [1.165, 1.54) is 28.9 Å². The van der Waals surface area contributed by atoms with Crippen molar-refractivity contribution in [1.29, 1.82) is 0 Å². The van der Waals surface area contributed by atoms with Gasteiger partial charge in [-0.3, -0.25) is 14.9 Å². The highest BCUT2D eigenvalue weighted by molar-refractivity contribution is 5.95. The summed E-state index contributed by atoms with van der Waals surface area (Å²) in [6.45, 7) is 0. The molecule has 1 heterocycles. The molecule has 21 heavy (non-hydrogen) atoms. The smallest absolute Gasteiger partial charge is 0.267 e. The number of benzene rings is 1. The number of carbonyl (C=O) groups is 1. The van der Waals surface area contributed by atoms with Crippen LogP contribution in [0.1, 0.15) is 39.9 Å². The summed E-state index contributed by atoms with van der Waals surface area (Å²) in [6.07, 6.45) is 7.15. The summed E-state index contributed by atoms with van der Waals surface area (Å²) in [7, 11) is 0. The molecule has 0 saturated carbocycles. The van der Waals surface area contributed by atoms with Gasteiger partial charge in [0.25, 0.3) is 11.6 Å². The largest absolute Gasteiger partial charge is 0.278 e. The van der Waals surface area contributed by atoms with Crippen molar-refractivity contribution in [2.75, 3.05) is 0 Å². The second-order valence-corrected chi connectivity index (χ2v) is 5.36. The fraction of sp³-hybridized carbons (Fsp3) is 0.200. The van der Waals surface area contributed by atoms with Crippen molar-refractivity contribution in [3.8, 4) is 0 Å². The lowest BCUT2D eigenvalue weighted by molar-refractivity contribution is -0.384. The van der Waals surface area contributed by atoms with E-state index < -0.39 is 4.92 Å². The van der Waals surface area contributed by atoms with Gasteiger partial charge in [-0.1, -0.05) is 12.2 Å². The van der Waals surface area contributed by atoms with Crippen molar-refractivity contribution in [2.45, 2.75) is 18.3 Å². The third kappa shape index (κ3) is 1.72. The van der Waals surface area contributed by atoms with Gasteiger partial charge in [-0.2, -0.15) is 5.10 Å². The molecule has 0 spiro atoms. The summed E-state index contributed by atoms with van der Waals surface area (Å²) in [5.41, 5.74) is 2.47. The standard InChI is InChI=1S/C15H11N3O3/c19-15(9-3-5-12(6-4-9)18(20)21)17-8-13-10-1-2-11(7-10)14(13)16-17/h1-6,8,10-11H,7H2. The van der Waals surface area contributed by atoms with E-state index in [9.17, 15) is 14.9 Å². The van der Waals surface area contributed by atoms with Crippen molar-refractivity contribution >= 4 is 11.6 Å².